The van der Waals surface area contributed by atoms with E-state index in [-0.39, 0.29) is 11.7 Å². The van der Waals surface area contributed by atoms with E-state index in [0.717, 1.165) is 5.56 Å². The lowest BCUT2D eigenvalue weighted by atomic mass is 10.2. The van der Waals surface area contributed by atoms with E-state index in [9.17, 15) is 9.18 Å². The second-order valence-corrected chi connectivity index (χ2v) is 5.37. The molecule has 0 aliphatic carbocycles. The summed E-state index contributed by atoms with van der Waals surface area (Å²) in [6.45, 7) is 0. The molecule has 2 aromatic carbocycles. The Morgan fingerprint density at radius 2 is 1.88 bits per heavy atom. The zero-order valence-corrected chi connectivity index (χ0v) is 14.0. The number of nitrogens with one attached hydrogen (secondary N) is 1. The first-order valence-electron chi connectivity index (χ1n) is 7.86. The Balaban J connectivity index is 1.67. The standard InChI is InChI=1S/C20H16FN3O2/c1-26-18-8-3-2-5-14(18)9-10-19(25)24-17-12-22-20(23-13-17)15-6-4-7-16(21)11-15/h2-13H,1H3,(H,24,25). The Labute approximate surface area is 150 Å². The fourth-order valence-corrected chi connectivity index (χ4v) is 2.32. The van der Waals surface area contributed by atoms with Crippen LogP contribution < -0.4 is 10.1 Å². The van der Waals surface area contributed by atoms with E-state index in [1.54, 1.807) is 25.3 Å². The van der Waals surface area contributed by atoms with Gasteiger partial charge in [0, 0.05) is 17.2 Å². The summed E-state index contributed by atoms with van der Waals surface area (Å²) in [6.07, 6.45) is 6.01. The predicted octanol–water partition coefficient (Wildman–Crippen LogP) is 3.94. The van der Waals surface area contributed by atoms with Crippen molar-refractivity contribution in [3.8, 4) is 17.1 Å². The Hall–Kier alpha value is -3.54. The highest BCUT2D eigenvalue weighted by Crippen LogP contribution is 2.19. The highest BCUT2D eigenvalue weighted by molar-refractivity contribution is 6.01. The van der Waals surface area contributed by atoms with Crippen molar-refractivity contribution in [2.75, 3.05) is 12.4 Å². The van der Waals surface area contributed by atoms with E-state index in [4.69, 9.17) is 4.74 Å². The van der Waals surface area contributed by atoms with Gasteiger partial charge in [-0.05, 0) is 24.3 Å². The van der Waals surface area contributed by atoms with E-state index in [2.05, 4.69) is 15.3 Å². The van der Waals surface area contributed by atoms with Gasteiger partial charge in [-0.2, -0.15) is 0 Å². The molecule has 0 unspecified atom stereocenters. The lowest BCUT2D eigenvalue weighted by Gasteiger charge is -2.05. The summed E-state index contributed by atoms with van der Waals surface area (Å²) in [5, 5.41) is 2.67. The van der Waals surface area contributed by atoms with Crippen molar-refractivity contribution in [1.82, 2.24) is 9.97 Å². The summed E-state index contributed by atoms with van der Waals surface area (Å²) in [7, 11) is 1.57. The van der Waals surface area contributed by atoms with Crippen molar-refractivity contribution in [1.29, 1.82) is 0 Å². The van der Waals surface area contributed by atoms with E-state index in [1.807, 2.05) is 24.3 Å². The number of nitrogens with zero attached hydrogens (tertiary/aromatic N) is 2. The summed E-state index contributed by atoms with van der Waals surface area (Å²) < 4.78 is 18.5. The molecule has 0 saturated carbocycles. The largest absolute Gasteiger partial charge is 0.496 e. The molecule has 1 aromatic heterocycles. The molecule has 1 N–H and O–H groups in total. The number of hydrogen-bond donors (Lipinski definition) is 1. The first kappa shape index (κ1) is 17.3. The molecule has 0 spiro atoms. The maximum absolute atomic E-state index is 13.3. The van der Waals surface area contributed by atoms with Crippen molar-refractivity contribution >= 4 is 17.7 Å². The maximum atomic E-state index is 13.3. The normalized spacial score (nSPS) is 10.7. The third-order valence-corrected chi connectivity index (χ3v) is 3.56. The topological polar surface area (TPSA) is 64.1 Å². The highest BCUT2D eigenvalue weighted by Gasteiger charge is 2.04. The molecule has 0 aliphatic rings. The van der Waals surface area contributed by atoms with Gasteiger partial charge in [0.05, 0.1) is 25.2 Å². The van der Waals surface area contributed by atoms with E-state index in [0.29, 0.717) is 22.8 Å². The Morgan fingerprint density at radius 1 is 1.12 bits per heavy atom. The van der Waals surface area contributed by atoms with Crippen LogP contribution in [0.3, 0.4) is 0 Å². The van der Waals surface area contributed by atoms with Gasteiger partial charge < -0.3 is 10.1 Å². The van der Waals surface area contributed by atoms with Crippen molar-refractivity contribution in [3.05, 3.63) is 78.4 Å². The summed E-state index contributed by atoms with van der Waals surface area (Å²) >= 11 is 0. The van der Waals surface area contributed by atoms with Crippen molar-refractivity contribution in [3.63, 3.8) is 0 Å². The molecule has 3 aromatic rings. The number of carbonyl (C=O) groups is 1. The highest BCUT2D eigenvalue weighted by atomic mass is 19.1. The first-order chi connectivity index (χ1) is 12.7. The van der Waals surface area contributed by atoms with Gasteiger partial charge >= 0.3 is 0 Å². The van der Waals surface area contributed by atoms with Gasteiger partial charge in [0.15, 0.2) is 5.82 Å². The molecule has 1 heterocycles. The fraction of sp³-hybridized carbons (Fsp3) is 0.0500. The number of para-hydroxylation sites is 1. The molecular weight excluding hydrogens is 333 g/mol. The molecule has 6 heteroatoms. The van der Waals surface area contributed by atoms with Crippen LogP contribution >= 0.6 is 0 Å². The van der Waals surface area contributed by atoms with Gasteiger partial charge in [0.1, 0.15) is 11.6 Å². The fourth-order valence-electron chi connectivity index (χ4n) is 2.32. The third-order valence-electron chi connectivity index (χ3n) is 3.56. The molecule has 0 fully saturated rings. The molecule has 130 valence electrons. The molecule has 1 amide bonds. The van der Waals surface area contributed by atoms with Crippen LogP contribution in [0.4, 0.5) is 10.1 Å². The smallest absolute Gasteiger partial charge is 0.248 e. The molecule has 0 aliphatic heterocycles. The minimum Gasteiger partial charge on any atom is -0.496 e. The van der Waals surface area contributed by atoms with Gasteiger partial charge in [-0.15, -0.1) is 0 Å². The van der Waals surface area contributed by atoms with Crippen molar-refractivity contribution in [2.24, 2.45) is 0 Å². The molecular formula is C20H16FN3O2. The second kappa shape index (κ2) is 8.02. The van der Waals surface area contributed by atoms with Gasteiger partial charge in [0.25, 0.3) is 0 Å². The molecule has 3 rings (SSSR count). The van der Waals surface area contributed by atoms with E-state index < -0.39 is 0 Å². The molecule has 0 radical (unpaired) electrons. The number of hydrogen-bond acceptors (Lipinski definition) is 4. The van der Waals surface area contributed by atoms with Crippen LogP contribution in [-0.4, -0.2) is 23.0 Å². The summed E-state index contributed by atoms with van der Waals surface area (Å²) in [5.41, 5.74) is 1.81. The molecule has 5 nitrogen and oxygen atoms in total. The minimum atomic E-state index is -0.357. The number of carbonyl (C=O) groups excluding carboxylic acids is 1. The Morgan fingerprint density at radius 3 is 2.62 bits per heavy atom. The summed E-state index contributed by atoms with van der Waals surface area (Å²) in [6, 6.07) is 13.4. The van der Waals surface area contributed by atoms with Crippen molar-refractivity contribution in [2.45, 2.75) is 0 Å². The van der Waals surface area contributed by atoms with Gasteiger partial charge in [-0.1, -0.05) is 30.3 Å². The maximum Gasteiger partial charge on any atom is 0.248 e. The lowest BCUT2D eigenvalue weighted by Crippen LogP contribution is -2.08. The van der Waals surface area contributed by atoms with Crippen LogP contribution in [0.2, 0.25) is 0 Å². The SMILES string of the molecule is COc1ccccc1C=CC(=O)Nc1cnc(-c2cccc(F)c2)nc1. The number of aromatic nitrogens is 2. The average Bonchev–Trinajstić information content (AvgIpc) is 2.67. The monoisotopic (exact) mass is 349 g/mol. The Bertz CT molecular complexity index is 940. The lowest BCUT2D eigenvalue weighted by molar-refractivity contribution is -0.111. The van der Waals surface area contributed by atoms with Crippen LogP contribution in [0, 0.1) is 5.82 Å². The number of rotatable bonds is 5. The van der Waals surface area contributed by atoms with E-state index in [1.165, 1.54) is 30.6 Å². The minimum absolute atomic E-state index is 0.321. The Kier molecular flexibility index (Phi) is 5.34. The molecule has 0 saturated heterocycles. The summed E-state index contributed by atoms with van der Waals surface area (Å²) in [4.78, 5) is 20.3. The van der Waals surface area contributed by atoms with Crippen LogP contribution in [-0.2, 0) is 4.79 Å². The van der Waals surface area contributed by atoms with Gasteiger partial charge in [-0.3, -0.25) is 4.79 Å². The van der Waals surface area contributed by atoms with Crippen LogP contribution in [0.25, 0.3) is 17.5 Å². The van der Waals surface area contributed by atoms with E-state index >= 15 is 0 Å². The van der Waals surface area contributed by atoms with Gasteiger partial charge in [-0.25, -0.2) is 14.4 Å². The number of amides is 1. The van der Waals surface area contributed by atoms with Crippen LogP contribution in [0.1, 0.15) is 5.56 Å². The van der Waals surface area contributed by atoms with Crippen LogP contribution in [0.15, 0.2) is 67.0 Å². The van der Waals surface area contributed by atoms with Crippen molar-refractivity contribution < 1.29 is 13.9 Å². The number of halogens is 1. The average molecular weight is 349 g/mol. The van der Waals surface area contributed by atoms with Gasteiger partial charge in [0.2, 0.25) is 5.91 Å². The first-order valence-corrected chi connectivity index (χ1v) is 7.86. The second-order valence-electron chi connectivity index (χ2n) is 5.37. The molecule has 26 heavy (non-hydrogen) atoms. The summed E-state index contributed by atoms with van der Waals surface area (Å²) in [5.74, 6) is 0.384. The number of ether oxygens (including phenoxy) is 1. The van der Waals surface area contributed by atoms with Crippen LogP contribution in [0.5, 0.6) is 5.75 Å². The number of benzene rings is 2. The zero-order chi connectivity index (χ0) is 18.4. The number of methoxy groups -OCH3 is 1. The predicted molar refractivity (Wildman–Crippen MR) is 98.1 cm³/mol. The zero-order valence-electron chi connectivity index (χ0n) is 14.0. The third kappa shape index (κ3) is 4.30. The molecule has 0 atom stereocenters. The number of anilines is 1. The quantitative estimate of drug-likeness (QED) is 0.709. The molecule has 0 bridgehead atoms.